The lowest BCUT2D eigenvalue weighted by Crippen LogP contribution is -2.15. The van der Waals surface area contributed by atoms with Crippen molar-refractivity contribution >= 4 is 21.4 Å². The molecular weight excluding hydrogens is 242 g/mol. The van der Waals surface area contributed by atoms with Gasteiger partial charge in [-0.1, -0.05) is 6.07 Å². The third-order valence-corrected chi connectivity index (χ3v) is 2.61. The van der Waals surface area contributed by atoms with Gasteiger partial charge >= 0.3 is 11.4 Å². The van der Waals surface area contributed by atoms with Crippen molar-refractivity contribution in [3.8, 4) is 0 Å². The van der Waals surface area contributed by atoms with E-state index in [1.807, 2.05) is 0 Å². The summed E-state index contributed by atoms with van der Waals surface area (Å²) >= 11 is 0. The normalized spacial score (nSPS) is 11.1. The second kappa shape index (κ2) is 3.83. The first-order valence-corrected chi connectivity index (χ1v) is 5.24. The van der Waals surface area contributed by atoms with Crippen molar-refractivity contribution in [3.63, 3.8) is 0 Å². The number of benzene rings is 1. The monoisotopic (exact) mass is 247 g/mol. The van der Waals surface area contributed by atoms with Crippen LogP contribution in [0.15, 0.2) is 23.1 Å². The highest BCUT2D eigenvalue weighted by Crippen LogP contribution is 2.32. The zero-order valence-corrected chi connectivity index (χ0v) is 8.38. The largest absolute Gasteiger partial charge is 0.365 e. The third-order valence-electron chi connectivity index (χ3n) is 1.66. The van der Waals surface area contributed by atoms with Gasteiger partial charge in [0.2, 0.25) is 10.0 Å². The van der Waals surface area contributed by atoms with Gasteiger partial charge in [-0.3, -0.25) is 20.2 Å². The van der Waals surface area contributed by atoms with E-state index in [2.05, 4.69) is 0 Å². The summed E-state index contributed by atoms with van der Waals surface area (Å²) in [5.41, 5.74) is -2.05. The molecule has 1 rings (SSSR count). The van der Waals surface area contributed by atoms with Crippen LogP contribution in [0.1, 0.15) is 0 Å². The number of nitro groups is 2. The Balaban J connectivity index is 3.72. The fraction of sp³-hybridized carbons (Fsp3) is 0. The quantitative estimate of drug-likeness (QED) is 0.593. The minimum absolute atomic E-state index is 0.826. The number of hydrogen-bond acceptors (Lipinski definition) is 6. The Hall–Kier alpha value is -2.07. The Kier molecular flexibility index (Phi) is 2.87. The van der Waals surface area contributed by atoms with E-state index in [0.29, 0.717) is 0 Å². The maximum Gasteiger partial charge on any atom is 0.365 e. The number of nitrogens with zero attached hydrogens (tertiary/aromatic N) is 2. The summed E-state index contributed by atoms with van der Waals surface area (Å²) in [6, 6.07) is 2.66. The van der Waals surface area contributed by atoms with Gasteiger partial charge in [-0.05, 0) is 6.07 Å². The summed E-state index contributed by atoms with van der Waals surface area (Å²) in [6.45, 7) is 0. The van der Waals surface area contributed by atoms with E-state index in [1.165, 1.54) is 0 Å². The Morgan fingerprint density at radius 1 is 1.12 bits per heavy atom. The molecule has 2 N–H and O–H groups in total. The third kappa shape index (κ3) is 2.12. The van der Waals surface area contributed by atoms with Crippen molar-refractivity contribution in [1.29, 1.82) is 0 Å². The first-order chi connectivity index (χ1) is 7.25. The van der Waals surface area contributed by atoms with Crippen LogP contribution < -0.4 is 5.14 Å². The molecule has 0 bridgehead atoms. The lowest BCUT2D eigenvalue weighted by atomic mass is 10.3. The zero-order chi connectivity index (χ0) is 12.5. The molecule has 0 aromatic heterocycles. The summed E-state index contributed by atoms with van der Waals surface area (Å²) in [7, 11) is -4.38. The molecule has 0 atom stereocenters. The molecule has 0 spiro atoms. The van der Waals surface area contributed by atoms with E-state index in [4.69, 9.17) is 5.14 Å². The fourth-order valence-corrected chi connectivity index (χ4v) is 1.79. The molecule has 0 aliphatic heterocycles. The van der Waals surface area contributed by atoms with Crippen molar-refractivity contribution in [2.24, 2.45) is 5.14 Å². The van der Waals surface area contributed by atoms with Crippen LogP contribution in [-0.2, 0) is 10.0 Å². The van der Waals surface area contributed by atoms with E-state index in [1.54, 1.807) is 0 Å². The lowest BCUT2D eigenvalue weighted by Gasteiger charge is -2.00. The Labute approximate surface area is 88.8 Å². The highest BCUT2D eigenvalue weighted by Gasteiger charge is 2.32. The second-order valence-electron chi connectivity index (χ2n) is 2.68. The average Bonchev–Trinajstić information content (AvgIpc) is 2.14. The molecule has 0 fully saturated rings. The predicted molar refractivity (Wildman–Crippen MR) is 51.1 cm³/mol. The summed E-state index contributed by atoms with van der Waals surface area (Å²) in [6.07, 6.45) is 0. The van der Waals surface area contributed by atoms with Crippen LogP contribution in [0.5, 0.6) is 0 Å². The van der Waals surface area contributed by atoms with Crippen molar-refractivity contribution in [2.75, 3.05) is 0 Å². The molecule has 1 aromatic rings. The van der Waals surface area contributed by atoms with E-state index in [0.717, 1.165) is 18.2 Å². The summed E-state index contributed by atoms with van der Waals surface area (Å²) in [5, 5.41) is 25.8. The van der Waals surface area contributed by atoms with Gasteiger partial charge in [0.25, 0.3) is 0 Å². The Bertz CT molecular complexity index is 566. The molecule has 10 heteroatoms. The number of para-hydroxylation sites is 1. The minimum Gasteiger partial charge on any atom is -0.258 e. The van der Waals surface area contributed by atoms with Gasteiger partial charge in [-0.25, -0.2) is 13.6 Å². The highest BCUT2D eigenvalue weighted by molar-refractivity contribution is 7.89. The number of rotatable bonds is 3. The van der Waals surface area contributed by atoms with Crippen LogP contribution in [0.4, 0.5) is 11.4 Å². The molecule has 0 aliphatic carbocycles. The summed E-state index contributed by atoms with van der Waals surface area (Å²) in [4.78, 5) is 18.0. The van der Waals surface area contributed by atoms with Crippen LogP contribution in [0.2, 0.25) is 0 Å². The molecule has 0 heterocycles. The molecule has 0 saturated carbocycles. The smallest absolute Gasteiger partial charge is 0.258 e. The van der Waals surface area contributed by atoms with Gasteiger partial charge < -0.3 is 0 Å². The fourth-order valence-electron chi connectivity index (χ4n) is 1.07. The van der Waals surface area contributed by atoms with Gasteiger partial charge in [0.05, 0.1) is 9.85 Å². The maximum atomic E-state index is 11.0. The van der Waals surface area contributed by atoms with Crippen molar-refractivity contribution < 1.29 is 18.3 Å². The van der Waals surface area contributed by atoms with Crippen LogP contribution in [0.3, 0.4) is 0 Å². The molecule has 0 amide bonds. The van der Waals surface area contributed by atoms with Crippen LogP contribution in [-0.4, -0.2) is 18.3 Å². The lowest BCUT2D eigenvalue weighted by molar-refractivity contribution is -0.424. The number of nitrogens with two attached hydrogens (primary N) is 1. The predicted octanol–water partition coefficient (Wildman–Crippen LogP) is 0.150. The number of hydrogen-bond donors (Lipinski definition) is 1. The highest BCUT2D eigenvalue weighted by atomic mass is 32.2. The first-order valence-electron chi connectivity index (χ1n) is 3.69. The van der Waals surface area contributed by atoms with Crippen LogP contribution in [0.25, 0.3) is 0 Å². The SMILES string of the molecule is NS(=O)(=O)c1cccc([N+](=O)[O-])c1[N+](=O)[O-]. The van der Waals surface area contributed by atoms with Crippen molar-refractivity contribution in [1.82, 2.24) is 0 Å². The van der Waals surface area contributed by atoms with E-state index >= 15 is 0 Å². The Morgan fingerprint density at radius 3 is 2.06 bits per heavy atom. The molecule has 1 aromatic carbocycles. The van der Waals surface area contributed by atoms with Gasteiger partial charge in [-0.2, -0.15) is 0 Å². The molecule has 9 nitrogen and oxygen atoms in total. The summed E-state index contributed by atoms with van der Waals surface area (Å²) in [5.74, 6) is 0. The van der Waals surface area contributed by atoms with Gasteiger partial charge in [-0.15, -0.1) is 0 Å². The maximum absolute atomic E-state index is 11.0. The zero-order valence-electron chi connectivity index (χ0n) is 7.56. The molecule has 0 aliphatic rings. The molecule has 16 heavy (non-hydrogen) atoms. The second-order valence-corrected chi connectivity index (χ2v) is 4.21. The molecular formula is C6H5N3O6S. The van der Waals surface area contributed by atoms with Gasteiger partial charge in [0, 0.05) is 6.07 Å². The number of sulfonamides is 1. The van der Waals surface area contributed by atoms with Gasteiger partial charge in [0.1, 0.15) is 0 Å². The van der Waals surface area contributed by atoms with Crippen molar-refractivity contribution in [3.05, 3.63) is 38.4 Å². The first kappa shape index (κ1) is 12.0. The standard InChI is InChI=1S/C6H5N3O6S/c7-16(14,15)5-3-1-2-4(8(10)11)6(5)9(12)13/h1-3H,(H2,7,14,15). The van der Waals surface area contributed by atoms with Gasteiger partial charge in [0.15, 0.2) is 4.90 Å². The number of primary sulfonamides is 1. The summed E-state index contributed by atoms with van der Waals surface area (Å²) < 4.78 is 22.0. The molecule has 0 saturated heterocycles. The molecule has 86 valence electrons. The topological polar surface area (TPSA) is 146 Å². The van der Waals surface area contributed by atoms with Crippen molar-refractivity contribution in [2.45, 2.75) is 4.90 Å². The minimum atomic E-state index is -4.38. The Morgan fingerprint density at radius 2 is 1.69 bits per heavy atom. The van der Waals surface area contributed by atoms with E-state index in [9.17, 15) is 28.6 Å². The van der Waals surface area contributed by atoms with Crippen LogP contribution in [0, 0.1) is 20.2 Å². The average molecular weight is 247 g/mol. The number of nitro benzene ring substituents is 2. The van der Waals surface area contributed by atoms with Crippen LogP contribution >= 0.6 is 0 Å². The molecule has 0 radical (unpaired) electrons. The molecule has 0 unspecified atom stereocenters. The van der Waals surface area contributed by atoms with E-state index in [-0.39, 0.29) is 0 Å². The van der Waals surface area contributed by atoms with E-state index < -0.39 is 36.1 Å².